The molecule has 6 nitrogen and oxygen atoms in total. The van der Waals surface area contributed by atoms with Gasteiger partial charge in [0.1, 0.15) is 13.2 Å². The minimum Gasteiger partial charge on any atom is -0.462 e. The number of carbonyl (C=O) groups is 3. The van der Waals surface area contributed by atoms with Gasteiger partial charge in [-0.2, -0.15) is 0 Å². The maximum atomic E-state index is 12.7. The molecular formula is C58H98O6. The summed E-state index contributed by atoms with van der Waals surface area (Å²) in [6, 6.07) is 0. The quantitative estimate of drug-likeness (QED) is 0.0262. The molecule has 0 amide bonds. The van der Waals surface area contributed by atoms with Gasteiger partial charge in [0, 0.05) is 19.3 Å². The average Bonchev–Trinajstić information content (AvgIpc) is 3.29. The Labute approximate surface area is 395 Å². The van der Waals surface area contributed by atoms with Crippen molar-refractivity contribution in [3.05, 3.63) is 85.1 Å². The lowest BCUT2D eigenvalue weighted by molar-refractivity contribution is -0.167. The van der Waals surface area contributed by atoms with Crippen LogP contribution in [0, 0.1) is 0 Å². The molecular weight excluding hydrogens is 793 g/mol. The number of esters is 3. The number of allylic oxidation sites excluding steroid dienone is 14. The molecule has 0 saturated carbocycles. The topological polar surface area (TPSA) is 78.9 Å². The molecule has 0 heterocycles. The van der Waals surface area contributed by atoms with Crippen LogP contribution in [0.25, 0.3) is 0 Å². The van der Waals surface area contributed by atoms with Gasteiger partial charge in [-0.1, -0.05) is 234 Å². The third kappa shape index (κ3) is 49.6. The minimum absolute atomic E-state index is 0.0788. The largest absolute Gasteiger partial charge is 0.462 e. The highest BCUT2D eigenvalue weighted by molar-refractivity contribution is 5.71. The second kappa shape index (κ2) is 52.2. The van der Waals surface area contributed by atoms with E-state index >= 15 is 0 Å². The van der Waals surface area contributed by atoms with Crippen LogP contribution in [0.1, 0.15) is 245 Å². The summed E-state index contributed by atoms with van der Waals surface area (Å²) in [5.74, 6) is -0.904. The Hall–Kier alpha value is -3.41. The molecule has 1 atom stereocenters. The summed E-state index contributed by atoms with van der Waals surface area (Å²) >= 11 is 0. The molecule has 0 aliphatic rings. The first-order valence-electron chi connectivity index (χ1n) is 26.6. The smallest absolute Gasteiger partial charge is 0.306 e. The van der Waals surface area contributed by atoms with Crippen molar-refractivity contribution in [1.29, 1.82) is 0 Å². The summed E-state index contributed by atoms with van der Waals surface area (Å²) in [4.78, 5) is 37.6. The summed E-state index contributed by atoms with van der Waals surface area (Å²) in [6.07, 6.45) is 67.6. The SMILES string of the molecule is CC/C=C\C/C=C\C/C=C\C/C=C\C/C=C\C/C=C\C/C=C\CCCCCCCCCC(=O)OCC(COC(=O)CCCCCCC)OC(=O)CCCCCCCCCCCCCC. The summed E-state index contributed by atoms with van der Waals surface area (Å²) in [5.41, 5.74) is 0. The normalized spacial score (nSPS) is 12.7. The van der Waals surface area contributed by atoms with Crippen molar-refractivity contribution in [3.8, 4) is 0 Å². The van der Waals surface area contributed by atoms with E-state index in [1.165, 1.54) is 89.9 Å². The highest BCUT2D eigenvalue weighted by atomic mass is 16.6. The van der Waals surface area contributed by atoms with E-state index in [0.717, 1.165) is 116 Å². The Balaban J connectivity index is 4.09. The third-order valence-corrected chi connectivity index (χ3v) is 11.2. The lowest BCUT2D eigenvalue weighted by Crippen LogP contribution is -2.30. The van der Waals surface area contributed by atoms with Crippen LogP contribution in [0.4, 0.5) is 0 Å². The molecule has 0 rings (SSSR count). The van der Waals surface area contributed by atoms with Gasteiger partial charge in [-0.3, -0.25) is 14.4 Å². The van der Waals surface area contributed by atoms with E-state index in [2.05, 4.69) is 106 Å². The first-order valence-corrected chi connectivity index (χ1v) is 26.6. The fourth-order valence-corrected chi connectivity index (χ4v) is 7.19. The van der Waals surface area contributed by atoms with Crippen LogP contribution in [-0.2, 0) is 28.6 Å². The minimum atomic E-state index is -0.774. The Kier molecular flexibility index (Phi) is 49.4. The second-order valence-electron chi connectivity index (χ2n) is 17.4. The van der Waals surface area contributed by atoms with Gasteiger partial charge in [-0.05, 0) is 77.0 Å². The standard InChI is InChI=1S/C58H98O6/c1-4-7-10-13-15-17-19-21-22-23-24-25-26-27-28-29-30-31-32-33-34-35-36-37-39-40-42-45-48-51-57(60)63-54-55(53-62-56(59)50-47-44-12-9-6-3)64-58(61)52-49-46-43-41-38-20-18-16-14-11-8-5-2/h7,10,15,17,21-22,24-25,27-28,30-31,33-34,55H,4-6,8-9,11-14,16,18-20,23,26,29,32,35-54H2,1-3H3/b10-7-,17-15-,22-21-,25-24-,28-27-,31-30-,34-33-. The molecule has 0 aromatic heterocycles. The Morgan fingerprint density at radius 2 is 0.609 bits per heavy atom. The molecule has 366 valence electrons. The average molecular weight is 891 g/mol. The van der Waals surface area contributed by atoms with Crippen molar-refractivity contribution >= 4 is 17.9 Å². The van der Waals surface area contributed by atoms with Gasteiger partial charge in [-0.25, -0.2) is 0 Å². The number of ether oxygens (including phenoxy) is 3. The zero-order chi connectivity index (χ0) is 46.5. The first-order chi connectivity index (χ1) is 31.5. The van der Waals surface area contributed by atoms with E-state index in [-0.39, 0.29) is 31.1 Å². The zero-order valence-electron chi connectivity index (χ0n) is 41.8. The van der Waals surface area contributed by atoms with Crippen molar-refractivity contribution in [1.82, 2.24) is 0 Å². The Morgan fingerprint density at radius 1 is 0.328 bits per heavy atom. The van der Waals surface area contributed by atoms with E-state index in [4.69, 9.17) is 14.2 Å². The van der Waals surface area contributed by atoms with Gasteiger partial charge in [0.05, 0.1) is 0 Å². The summed E-state index contributed by atoms with van der Waals surface area (Å²) in [5, 5.41) is 0. The highest BCUT2D eigenvalue weighted by Gasteiger charge is 2.19. The molecule has 0 aromatic rings. The zero-order valence-corrected chi connectivity index (χ0v) is 41.8. The molecule has 0 aromatic carbocycles. The monoisotopic (exact) mass is 891 g/mol. The highest BCUT2D eigenvalue weighted by Crippen LogP contribution is 2.15. The fraction of sp³-hybridized carbons (Fsp3) is 0.707. The van der Waals surface area contributed by atoms with Crippen molar-refractivity contribution in [2.24, 2.45) is 0 Å². The number of rotatable bonds is 47. The lowest BCUT2D eigenvalue weighted by Gasteiger charge is -2.18. The van der Waals surface area contributed by atoms with Gasteiger partial charge in [0.2, 0.25) is 0 Å². The van der Waals surface area contributed by atoms with Crippen molar-refractivity contribution in [2.45, 2.75) is 252 Å². The maximum Gasteiger partial charge on any atom is 0.306 e. The molecule has 0 bridgehead atoms. The van der Waals surface area contributed by atoms with Gasteiger partial charge in [0.15, 0.2) is 6.10 Å². The van der Waals surface area contributed by atoms with Crippen LogP contribution in [0.5, 0.6) is 0 Å². The molecule has 0 aliphatic carbocycles. The molecule has 64 heavy (non-hydrogen) atoms. The Bertz CT molecular complexity index is 1250. The summed E-state index contributed by atoms with van der Waals surface area (Å²) in [6.45, 7) is 6.42. The van der Waals surface area contributed by atoms with Crippen LogP contribution in [0.2, 0.25) is 0 Å². The Morgan fingerprint density at radius 3 is 0.953 bits per heavy atom. The molecule has 0 spiro atoms. The van der Waals surface area contributed by atoms with Crippen molar-refractivity contribution in [2.75, 3.05) is 13.2 Å². The predicted molar refractivity (Wildman–Crippen MR) is 274 cm³/mol. The van der Waals surface area contributed by atoms with Gasteiger partial charge in [0.25, 0.3) is 0 Å². The van der Waals surface area contributed by atoms with E-state index < -0.39 is 6.10 Å². The van der Waals surface area contributed by atoms with Gasteiger partial charge >= 0.3 is 17.9 Å². The number of carbonyl (C=O) groups excluding carboxylic acids is 3. The van der Waals surface area contributed by atoms with Crippen LogP contribution in [0.3, 0.4) is 0 Å². The molecule has 0 aliphatic heterocycles. The van der Waals surface area contributed by atoms with Crippen molar-refractivity contribution in [3.63, 3.8) is 0 Å². The summed E-state index contributed by atoms with van der Waals surface area (Å²) < 4.78 is 16.6. The summed E-state index contributed by atoms with van der Waals surface area (Å²) in [7, 11) is 0. The molecule has 0 N–H and O–H groups in total. The maximum absolute atomic E-state index is 12.7. The number of hydrogen-bond acceptors (Lipinski definition) is 6. The van der Waals surface area contributed by atoms with E-state index in [9.17, 15) is 14.4 Å². The fourth-order valence-electron chi connectivity index (χ4n) is 7.19. The van der Waals surface area contributed by atoms with Gasteiger partial charge in [-0.15, -0.1) is 0 Å². The van der Waals surface area contributed by atoms with E-state index in [1.807, 2.05) is 0 Å². The number of hydrogen-bond donors (Lipinski definition) is 0. The van der Waals surface area contributed by atoms with Crippen LogP contribution >= 0.6 is 0 Å². The molecule has 0 fully saturated rings. The third-order valence-electron chi connectivity index (χ3n) is 11.2. The van der Waals surface area contributed by atoms with Crippen molar-refractivity contribution < 1.29 is 28.6 Å². The second-order valence-corrected chi connectivity index (χ2v) is 17.4. The van der Waals surface area contributed by atoms with Crippen LogP contribution in [-0.4, -0.2) is 37.2 Å². The molecule has 6 heteroatoms. The predicted octanol–water partition coefficient (Wildman–Crippen LogP) is 17.6. The van der Waals surface area contributed by atoms with Gasteiger partial charge < -0.3 is 14.2 Å². The van der Waals surface area contributed by atoms with E-state index in [1.54, 1.807) is 0 Å². The first kappa shape index (κ1) is 60.6. The number of unbranched alkanes of at least 4 members (excludes halogenated alkanes) is 22. The van der Waals surface area contributed by atoms with E-state index in [0.29, 0.717) is 19.3 Å². The molecule has 1 unspecified atom stereocenters. The van der Waals surface area contributed by atoms with Crippen LogP contribution < -0.4 is 0 Å². The lowest BCUT2D eigenvalue weighted by atomic mass is 10.0. The molecule has 0 radical (unpaired) electrons. The molecule has 0 saturated heterocycles. The van der Waals surface area contributed by atoms with Crippen LogP contribution in [0.15, 0.2) is 85.1 Å².